The number of rotatable bonds is 5. The maximum atomic E-state index is 13.1. The van der Waals surface area contributed by atoms with Crippen LogP contribution in [0.5, 0.6) is 0 Å². The molecule has 6 N–H and O–H groups in total. The molecule has 1 aliphatic heterocycles. The summed E-state index contributed by atoms with van der Waals surface area (Å²) in [6.45, 7) is 0.910. The van der Waals surface area contributed by atoms with Gasteiger partial charge in [0.15, 0.2) is 9.84 Å². The van der Waals surface area contributed by atoms with Crippen molar-refractivity contribution >= 4 is 21.8 Å². The lowest BCUT2D eigenvalue weighted by atomic mass is 9.80. The van der Waals surface area contributed by atoms with Crippen LogP contribution in [0.15, 0.2) is 21.9 Å². The highest BCUT2D eigenvalue weighted by Crippen LogP contribution is 2.43. The lowest BCUT2D eigenvalue weighted by Crippen LogP contribution is -2.51. The zero-order valence-electron chi connectivity index (χ0n) is 14.8. The number of hydrogen-bond donors (Lipinski definition) is 4. The monoisotopic (exact) mass is 409 g/mol. The van der Waals surface area contributed by atoms with Gasteiger partial charge >= 0.3 is 0 Å². The molecule has 0 spiro atoms. The van der Waals surface area contributed by atoms with Gasteiger partial charge in [0.1, 0.15) is 0 Å². The van der Waals surface area contributed by atoms with Crippen LogP contribution in [0.2, 0.25) is 0 Å². The van der Waals surface area contributed by atoms with Gasteiger partial charge in [-0.1, -0.05) is 6.07 Å². The molecule has 11 heteroatoms. The van der Waals surface area contributed by atoms with Gasteiger partial charge in [-0.05, 0) is 60.4 Å². The number of benzene rings is 1. The van der Waals surface area contributed by atoms with Crippen LogP contribution >= 0.6 is 11.9 Å². The Morgan fingerprint density at radius 3 is 2.44 bits per heavy atom. The summed E-state index contributed by atoms with van der Waals surface area (Å²) in [4.78, 5) is 0.744. The number of nitrogens with zero attached hydrogens (tertiary/aromatic N) is 3. The van der Waals surface area contributed by atoms with Crippen molar-refractivity contribution < 1.29 is 8.42 Å². The number of nitrogens with one attached hydrogen (secondary N) is 2. The summed E-state index contributed by atoms with van der Waals surface area (Å²) >= 11 is 0.932. The molecule has 2 fully saturated rings. The second-order valence-electron chi connectivity index (χ2n) is 7.15. The molecule has 27 heavy (non-hydrogen) atoms. The van der Waals surface area contributed by atoms with Crippen LogP contribution in [-0.4, -0.2) is 53.4 Å². The predicted octanol–water partition coefficient (Wildman–Crippen LogP) is 0.563. The zero-order valence-corrected chi connectivity index (χ0v) is 16.4. The summed E-state index contributed by atoms with van der Waals surface area (Å²) in [6, 6.07) is 3.81. The molecule has 1 aromatic heterocycles. The molecule has 2 aliphatic rings. The Kier molecular flexibility index (Phi) is 5.21. The van der Waals surface area contributed by atoms with Crippen LogP contribution in [0.4, 0.5) is 0 Å². The van der Waals surface area contributed by atoms with Crippen molar-refractivity contribution in [3.63, 3.8) is 0 Å². The average Bonchev–Trinajstić information content (AvgIpc) is 3.13. The van der Waals surface area contributed by atoms with E-state index in [9.17, 15) is 8.42 Å². The van der Waals surface area contributed by atoms with Gasteiger partial charge in [-0.25, -0.2) is 8.42 Å². The second-order valence-corrected chi connectivity index (χ2v) is 9.99. The van der Waals surface area contributed by atoms with E-state index in [1.165, 1.54) is 0 Å². The van der Waals surface area contributed by atoms with Gasteiger partial charge in [-0.3, -0.25) is 5.14 Å². The van der Waals surface area contributed by atoms with E-state index in [-0.39, 0.29) is 16.9 Å². The zero-order chi connectivity index (χ0) is 19.0. The van der Waals surface area contributed by atoms with E-state index in [1.54, 1.807) is 6.07 Å². The molecule has 2 aromatic rings. The second kappa shape index (κ2) is 7.47. The van der Waals surface area contributed by atoms with Gasteiger partial charge in [0.25, 0.3) is 0 Å². The first kappa shape index (κ1) is 18.8. The van der Waals surface area contributed by atoms with E-state index in [2.05, 4.69) is 25.9 Å². The summed E-state index contributed by atoms with van der Waals surface area (Å²) in [6.07, 6.45) is 3.77. The molecule has 1 aromatic carbocycles. The Morgan fingerprint density at radius 1 is 1.15 bits per heavy atom. The minimum Gasteiger partial charge on any atom is -0.328 e. The molecule has 1 aliphatic carbocycles. The quantitative estimate of drug-likeness (QED) is 0.519. The van der Waals surface area contributed by atoms with Crippen LogP contribution in [0, 0.1) is 0 Å². The molecule has 0 amide bonds. The summed E-state index contributed by atoms with van der Waals surface area (Å²) in [5.41, 5.74) is 7.74. The molecular formula is C16H23N7O2S2. The Bertz CT molecular complexity index is 905. The smallest absolute Gasteiger partial charge is 0.206 e. The Labute approximate surface area is 162 Å². The third kappa shape index (κ3) is 3.38. The van der Waals surface area contributed by atoms with Gasteiger partial charge < -0.3 is 11.1 Å². The number of sulfone groups is 1. The van der Waals surface area contributed by atoms with Crippen molar-refractivity contribution in [1.29, 1.82) is 0 Å². The normalized spacial score (nSPS) is 23.9. The minimum atomic E-state index is -3.48. The molecule has 0 atom stereocenters. The maximum Gasteiger partial charge on any atom is 0.206 e. The molecular weight excluding hydrogens is 386 g/mol. The molecule has 2 heterocycles. The van der Waals surface area contributed by atoms with Gasteiger partial charge in [0.2, 0.25) is 5.82 Å². The van der Waals surface area contributed by atoms with Crippen LogP contribution in [-0.2, 0) is 9.84 Å². The minimum absolute atomic E-state index is 0.226. The molecule has 9 nitrogen and oxygen atoms in total. The van der Waals surface area contributed by atoms with Crippen molar-refractivity contribution in [2.75, 3.05) is 13.1 Å². The SMILES string of the molecule is NSc1c(S(=O)(=O)C2CNC2)ccc(C2CCC(N)CC2)c1-c1nn[nH]n1. The molecule has 0 unspecified atom stereocenters. The molecule has 0 radical (unpaired) electrons. The van der Waals surface area contributed by atoms with Gasteiger partial charge in [0.05, 0.1) is 15.0 Å². The summed E-state index contributed by atoms with van der Waals surface area (Å²) in [5, 5.41) is 22.9. The highest BCUT2D eigenvalue weighted by molar-refractivity contribution is 7.98. The van der Waals surface area contributed by atoms with Crippen molar-refractivity contribution in [2.24, 2.45) is 10.9 Å². The lowest BCUT2D eigenvalue weighted by Gasteiger charge is -2.30. The van der Waals surface area contributed by atoms with Crippen LogP contribution in [0.25, 0.3) is 11.4 Å². The van der Waals surface area contributed by atoms with E-state index in [0.29, 0.717) is 29.4 Å². The van der Waals surface area contributed by atoms with E-state index in [0.717, 1.165) is 43.2 Å². The summed E-state index contributed by atoms with van der Waals surface area (Å²) in [5.74, 6) is 0.642. The number of aromatic nitrogens is 4. The highest BCUT2D eigenvalue weighted by Gasteiger charge is 2.36. The summed E-state index contributed by atoms with van der Waals surface area (Å²) < 4.78 is 26.1. The van der Waals surface area contributed by atoms with Crippen LogP contribution < -0.4 is 16.2 Å². The lowest BCUT2D eigenvalue weighted by molar-refractivity contribution is 0.395. The maximum absolute atomic E-state index is 13.1. The fourth-order valence-electron chi connectivity index (χ4n) is 3.85. The van der Waals surface area contributed by atoms with Gasteiger partial charge in [-0.15, -0.1) is 10.2 Å². The fraction of sp³-hybridized carbons (Fsp3) is 0.562. The topological polar surface area (TPSA) is 153 Å². The fourth-order valence-corrected chi connectivity index (χ4v) is 6.51. The number of nitrogens with two attached hydrogens (primary N) is 2. The molecule has 1 saturated carbocycles. The third-order valence-corrected chi connectivity index (χ3v) is 8.49. The highest BCUT2D eigenvalue weighted by atomic mass is 32.2. The first-order valence-corrected chi connectivity index (χ1v) is 11.4. The average molecular weight is 410 g/mol. The first-order chi connectivity index (χ1) is 13.0. The van der Waals surface area contributed by atoms with Crippen molar-refractivity contribution in [1.82, 2.24) is 25.9 Å². The van der Waals surface area contributed by atoms with Crippen molar-refractivity contribution in [3.8, 4) is 11.4 Å². The molecule has 4 rings (SSSR count). The Hall–Kier alpha value is -1.53. The Morgan fingerprint density at radius 2 is 1.89 bits per heavy atom. The number of aromatic amines is 1. The number of tetrazole rings is 1. The molecule has 1 saturated heterocycles. The van der Waals surface area contributed by atoms with Crippen LogP contribution in [0.3, 0.4) is 0 Å². The van der Waals surface area contributed by atoms with Gasteiger partial charge in [-0.2, -0.15) is 5.21 Å². The number of hydrogen-bond acceptors (Lipinski definition) is 9. The molecule has 0 bridgehead atoms. The third-order valence-electron chi connectivity index (χ3n) is 5.54. The van der Waals surface area contributed by atoms with E-state index in [4.69, 9.17) is 10.9 Å². The number of H-pyrrole nitrogens is 1. The largest absolute Gasteiger partial charge is 0.328 e. The van der Waals surface area contributed by atoms with E-state index in [1.807, 2.05) is 6.07 Å². The first-order valence-electron chi connectivity index (χ1n) is 9.00. The summed E-state index contributed by atoms with van der Waals surface area (Å²) in [7, 11) is -3.48. The molecule has 146 valence electrons. The standard InChI is InChI=1S/C16H23N7O2S2/c17-10-3-1-9(2-4-10)12-5-6-13(27(24,25)11-7-19-8-11)15(26-18)14(12)16-20-22-23-21-16/h5-6,9-11,19H,1-4,7-8,17-18H2,(H,20,21,22,23). The predicted molar refractivity (Wildman–Crippen MR) is 103 cm³/mol. The van der Waals surface area contributed by atoms with Crippen molar-refractivity contribution in [2.45, 2.75) is 52.7 Å². The van der Waals surface area contributed by atoms with Gasteiger partial charge in [0, 0.05) is 24.7 Å². The Balaban J connectivity index is 1.86. The van der Waals surface area contributed by atoms with E-state index >= 15 is 0 Å². The van der Waals surface area contributed by atoms with Crippen molar-refractivity contribution in [3.05, 3.63) is 17.7 Å². The van der Waals surface area contributed by atoms with E-state index < -0.39 is 15.1 Å². The van der Waals surface area contributed by atoms with Crippen LogP contribution in [0.1, 0.15) is 37.2 Å².